The molecule has 0 fully saturated rings. The third kappa shape index (κ3) is 2.71. The second-order valence-electron chi connectivity index (χ2n) is 4.44. The predicted molar refractivity (Wildman–Crippen MR) is 65.6 cm³/mol. The summed E-state index contributed by atoms with van der Waals surface area (Å²) in [5, 5.41) is 29.6. The highest BCUT2D eigenvalue weighted by Gasteiger charge is 2.23. The first-order valence-electron chi connectivity index (χ1n) is 5.60. The highest BCUT2D eigenvalue weighted by Crippen LogP contribution is 2.22. The summed E-state index contributed by atoms with van der Waals surface area (Å²) in [5.41, 5.74) is 1.57. The summed E-state index contributed by atoms with van der Waals surface area (Å²) in [4.78, 5) is 0. The minimum Gasteiger partial charge on any atom is -0.394 e. The van der Waals surface area contributed by atoms with Crippen LogP contribution in [0.4, 0.5) is 5.82 Å². The molecular weight excluding hydrogens is 216 g/mol. The Labute approximate surface area is 101 Å². The molecule has 0 spiro atoms. The molecule has 0 amide bonds. The van der Waals surface area contributed by atoms with E-state index in [-0.39, 0.29) is 6.61 Å². The van der Waals surface area contributed by atoms with Crippen molar-refractivity contribution in [2.75, 3.05) is 11.9 Å². The van der Waals surface area contributed by atoms with Crippen molar-refractivity contribution in [3.05, 3.63) is 16.8 Å². The van der Waals surface area contributed by atoms with Crippen LogP contribution in [-0.2, 0) is 0 Å². The molecule has 1 rings (SSSR count). The van der Waals surface area contributed by atoms with Crippen LogP contribution >= 0.6 is 0 Å². The molecule has 1 heterocycles. The van der Waals surface area contributed by atoms with Gasteiger partial charge < -0.3 is 10.4 Å². The summed E-state index contributed by atoms with van der Waals surface area (Å²) in [6, 6.07) is 2.13. The maximum Gasteiger partial charge on any atom is 0.167 e. The molecule has 1 atom stereocenters. The Kier molecular flexibility index (Phi) is 4.02. The van der Waals surface area contributed by atoms with Gasteiger partial charge in [0.05, 0.1) is 17.8 Å². The van der Waals surface area contributed by atoms with Crippen LogP contribution in [0.15, 0.2) is 0 Å². The lowest BCUT2D eigenvalue weighted by Crippen LogP contribution is -2.38. The van der Waals surface area contributed by atoms with Gasteiger partial charge in [-0.05, 0) is 32.8 Å². The monoisotopic (exact) mass is 234 g/mol. The van der Waals surface area contributed by atoms with Crippen molar-refractivity contribution in [3.8, 4) is 6.07 Å². The molecule has 1 aromatic rings. The van der Waals surface area contributed by atoms with Gasteiger partial charge in [-0.1, -0.05) is 6.92 Å². The first kappa shape index (κ1) is 13.4. The molecule has 0 aromatic carbocycles. The number of aliphatic hydroxyl groups excluding tert-OH is 1. The molecule has 0 aliphatic carbocycles. The maximum atomic E-state index is 9.34. The van der Waals surface area contributed by atoms with Crippen molar-refractivity contribution < 1.29 is 5.11 Å². The van der Waals surface area contributed by atoms with Crippen LogP contribution < -0.4 is 5.32 Å². The standard InChI is InChI=1S/C12H18N4O/c1-5-12(4,7-17)14-11-10(6-13)8(2)9(3)15-16-11/h17H,5,7H2,1-4H3,(H,14,16). The zero-order valence-corrected chi connectivity index (χ0v) is 10.7. The Morgan fingerprint density at radius 2 is 2.06 bits per heavy atom. The molecule has 0 saturated heterocycles. The van der Waals surface area contributed by atoms with Gasteiger partial charge in [-0.25, -0.2) is 0 Å². The second kappa shape index (κ2) is 5.11. The van der Waals surface area contributed by atoms with Gasteiger partial charge in [0.15, 0.2) is 5.82 Å². The molecule has 1 unspecified atom stereocenters. The van der Waals surface area contributed by atoms with Gasteiger partial charge in [0.25, 0.3) is 0 Å². The molecule has 0 saturated carbocycles. The molecule has 1 aromatic heterocycles. The quantitative estimate of drug-likeness (QED) is 0.825. The number of hydrogen-bond acceptors (Lipinski definition) is 5. The number of aryl methyl sites for hydroxylation is 1. The van der Waals surface area contributed by atoms with Gasteiger partial charge in [0, 0.05) is 0 Å². The van der Waals surface area contributed by atoms with E-state index in [4.69, 9.17) is 5.26 Å². The first-order chi connectivity index (χ1) is 7.97. The largest absolute Gasteiger partial charge is 0.394 e. The smallest absolute Gasteiger partial charge is 0.167 e. The molecule has 5 heteroatoms. The Balaban J connectivity index is 3.17. The molecule has 92 valence electrons. The molecule has 5 nitrogen and oxygen atoms in total. The highest BCUT2D eigenvalue weighted by atomic mass is 16.3. The van der Waals surface area contributed by atoms with E-state index in [0.29, 0.717) is 11.4 Å². The van der Waals surface area contributed by atoms with E-state index in [1.165, 1.54) is 0 Å². The Morgan fingerprint density at radius 3 is 2.53 bits per heavy atom. The molecular formula is C12H18N4O. The Bertz CT molecular complexity index is 447. The molecule has 17 heavy (non-hydrogen) atoms. The lowest BCUT2D eigenvalue weighted by molar-refractivity contribution is 0.218. The average molecular weight is 234 g/mol. The van der Waals surface area contributed by atoms with E-state index >= 15 is 0 Å². The van der Waals surface area contributed by atoms with Crippen molar-refractivity contribution in [1.29, 1.82) is 5.26 Å². The van der Waals surface area contributed by atoms with Crippen molar-refractivity contribution in [2.24, 2.45) is 0 Å². The van der Waals surface area contributed by atoms with E-state index in [9.17, 15) is 5.11 Å². The number of hydrogen-bond donors (Lipinski definition) is 2. The minimum atomic E-state index is -0.484. The fourth-order valence-corrected chi connectivity index (χ4v) is 1.36. The third-order valence-electron chi connectivity index (χ3n) is 3.12. The third-order valence-corrected chi connectivity index (χ3v) is 3.12. The maximum absolute atomic E-state index is 9.34. The molecule has 0 aliphatic heterocycles. The first-order valence-corrected chi connectivity index (χ1v) is 5.60. The van der Waals surface area contributed by atoms with Crippen molar-refractivity contribution in [2.45, 2.75) is 39.7 Å². The van der Waals surface area contributed by atoms with Gasteiger partial charge >= 0.3 is 0 Å². The Morgan fingerprint density at radius 1 is 1.41 bits per heavy atom. The fraction of sp³-hybridized carbons (Fsp3) is 0.583. The zero-order chi connectivity index (χ0) is 13.1. The van der Waals surface area contributed by atoms with Crippen LogP contribution in [0.1, 0.15) is 37.1 Å². The van der Waals surface area contributed by atoms with Crippen LogP contribution in [0, 0.1) is 25.2 Å². The lowest BCUT2D eigenvalue weighted by Gasteiger charge is -2.28. The van der Waals surface area contributed by atoms with E-state index in [1.54, 1.807) is 0 Å². The van der Waals surface area contributed by atoms with E-state index < -0.39 is 5.54 Å². The summed E-state index contributed by atoms with van der Waals surface area (Å²) < 4.78 is 0. The van der Waals surface area contributed by atoms with Gasteiger partial charge in [-0.3, -0.25) is 0 Å². The Hall–Kier alpha value is -1.67. The van der Waals surface area contributed by atoms with Crippen molar-refractivity contribution in [3.63, 3.8) is 0 Å². The lowest BCUT2D eigenvalue weighted by atomic mass is 9.99. The van der Waals surface area contributed by atoms with E-state index in [2.05, 4.69) is 21.6 Å². The average Bonchev–Trinajstić information content (AvgIpc) is 2.34. The van der Waals surface area contributed by atoms with Crippen LogP contribution in [-0.4, -0.2) is 27.4 Å². The topological polar surface area (TPSA) is 81.8 Å². The zero-order valence-electron chi connectivity index (χ0n) is 10.7. The summed E-state index contributed by atoms with van der Waals surface area (Å²) in [6.07, 6.45) is 0.725. The summed E-state index contributed by atoms with van der Waals surface area (Å²) in [7, 11) is 0. The minimum absolute atomic E-state index is 0.0248. The van der Waals surface area contributed by atoms with E-state index in [0.717, 1.165) is 17.7 Å². The number of nitrogens with one attached hydrogen (secondary N) is 1. The predicted octanol–water partition coefficient (Wildman–Crippen LogP) is 1.54. The number of nitriles is 1. The molecule has 0 radical (unpaired) electrons. The van der Waals surface area contributed by atoms with Crippen LogP contribution in [0.2, 0.25) is 0 Å². The van der Waals surface area contributed by atoms with Crippen LogP contribution in [0.25, 0.3) is 0 Å². The number of aliphatic hydroxyl groups is 1. The van der Waals surface area contributed by atoms with Gasteiger partial charge in [-0.15, -0.1) is 5.10 Å². The van der Waals surface area contributed by atoms with E-state index in [1.807, 2.05) is 27.7 Å². The number of aromatic nitrogens is 2. The van der Waals surface area contributed by atoms with Gasteiger partial charge in [0.2, 0.25) is 0 Å². The number of rotatable bonds is 4. The summed E-state index contributed by atoms with van der Waals surface area (Å²) >= 11 is 0. The van der Waals surface area contributed by atoms with Gasteiger partial charge in [0.1, 0.15) is 11.6 Å². The fourth-order valence-electron chi connectivity index (χ4n) is 1.36. The number of nitrogens with zero attached hydrogens (tertiary/aromatic N) is 3. The SMILES string of the molecule is CCC(C)(CO)Nc1nnc(C)c(C)c1C#N. The highest BCUT2D eigenvalue weighted by molar-refractivity contribution is 5.56. The molecule has 2 N–H and O–H groups in total. The second-order valence-corrected chi connectivity index (χ2v) is 4.44. The molecule has 0 bridgehead atoms. The number of anilines is 1. The van der Waals surface area contributed by atoms with Gasteiger partial charge in [-0.2, -0.15) is 10.4 Å². The van der Waals surface area contributed by atoms with Crippen molar-refractivity contribution in [1.82, 2.24) is 10.2 Å². The van der Waals surface area contributed by atoms with Crippen LogP contribution in [0.5, 0.6) is 0 Å². The van der Waals surface area contributed by atoms with Crippen molar-refractivity contribution >= 4 is 5.82 Å². The molecule has 0 aliphatic rings. The summed E-state index contributed by atoms with van der Waals surface area (Å²) in [6.45, 7) is 7.48. The summed E-state index contributed by atoms with van der Waals surface area (Å²) in [5.74, 6) is 0.439. The van der Waals surface area contributed by atoms with Crippen LogP contribution in [0.3, 0.4) is 0 Å². The normalized spacial score (nSPS) is 13.9.